The molecule has 0 saturated carbocycles. The van der Waals surface area contributed by atoms with Gasteiger partial charge in [-0.1, -0.05) is 18.1 Å². The third-order valence-electron chi connectivity index (χ3n) is 2.66. The second-order valence-electron chi connectivity index (χ2n) is 4.43. The average molecular weight is 251 g/mol. The zero-order valence-corrected chi connectivity index (χ0v) is 11.5. The smallest absolute Gasteiger partial charge is 0.149 e. The monoisotopic (exact) mass is 251 g/mol. The summed E-state index contributed by atoms with van der Waals surface area (Å²) in [6.07, 6.45) is 0. The predicted molar refractivity (Wildman–Crippen MR) is 81.3 cm³/mol. The van der Waals surface area contributed by atoms with Crippen LogP contribution in [0.25, 0.3) is 10.8 Å². The van der Waals surface area contributed by atoms with Crippen LogP contribution in [-0.4, -0.2) is 12.3 Å². The standard InChI is InChI=1S/C17H17NO/c1-4-5-11-19-15-9-10-16-14(12-15)7-6-8-17(16)18-13(2)3/h6-10,12H,11H2,1-3H3. The lowest BCUT2D eigenvalue weighted by atomic mass is 10.1. The highest BCUT2D eigenvalue weighted by atomic mass is 16.5. The van der Waals surface area contributed by atoms with Crippen molar-refractivity contribution in [1.29, 1.82) is 0 Å². The van der Waals surface area contributed by atoms with Crippen LogP contribution < -0.4 is 4.74 Å². The first-order valence-corrected chi connectivity index (χ1v) is 6.28. The van der Waals surface area contributed by atoms with Crippen molar-refractivity contribution >= 4 is 22.2 Å². The molecule has 0 amide bonds. The van der Waals surface area contributed by atoms with Crippen LogP contribution >= 0.6 is 0 Å². The molecular formula is C17H17NO. The van der Waals surface area contributed by atoms with Gasteiger partial charge in [-0.2, -0.15) is 0 Å². The third-order valence-corrected chi connectivity index (χ3v) is 2.66. The van der Waals surface area contributed by atoms with Crippen molar-refractivity contribution in [2.75, 3.05) is 6.61 Å². The van der Waals surface area contributed by atoms with Crippen LogP contribution in [0, 0.1) is 11.8 Å². The summed E-state index contributed by atoms with van der Waals surface area (Å²) in [5.41, 5.74) is 2.04. The van der Waals surface area contributed by atoms with Crippen LogP contribution in [0.15, 0.2) is 41.4 Å². The van der Waals surface area contributed by atoms with E-state index in [2.05, 4.69) is 22.9 Å². The Morgan fingerprint density at radius 1 is 1.21 bits per heavy atom. The van der Waals surface area contributed by atoms with Gasteiger partial charge in [0.2, 0.25) is 0 Å². The molecule has 96 valence electrons. The number of rotatable bonds is 3. The summed E-state index contributed by atoms with van der Waals surface area (Å²) in [4.78, 5) is 4.55. The van der Waals surface area contributed by atoms with E-state index in [1.807, 2.05) is 44.2 Å². The van der Waals surface area contributed by atoms with Gasteiger partial charge in [0.15, 0.2) is 0 Å². The molecule has 0 bridgehead atoms. The molecule has 0 spiro atoms. The summed E-state index contributed by atoms with van der Waals surface area (Å²) in [6, 6.07) is 12.1. The summed E-state index contributed by atoms with van der Waals surface area (Å²) < 4.78 is 5.57. The predicted octanol–water partition coefficient (Wildman–Crippen LogP) is 4.35. The Hall–Kier alpha value is -2.27. The first-order chi connectivity index (χ1) is 9.20. The summed E-state index contributed by atoms with van der Waals surface area (Å²) in [6.45, 7) is 6.23. The first kappa shape index (κ1) is 13.2. The molecule has 0 N–H and O–H groups in total. The van der Waals surface area contributed by atoms with Gasteiger partial charge >= 0.3 is 0 Å². The summed E-state index contributed by atoms with van der Waals surface area (Å²) in [5, 5.41) is 2.27. The molecule has 0 saturated heterocycles. The molecule has 0 aliphatic heterocycles. The molecule has 0 heterocycles. The molecule has 0 aliphatic carbocycles. The van der Waals surface area contributed by atoms with E-state index in [1.165, 1.54) is 0 Å². The molecular weight excluding hydrogens is 234 g/mol. The average Bonchev–Trinajstić information content (AvgIpc) is 2.38. The molecule has 2 aromatic rings. The van der Waals surface area contributed by atoms with Gasteiger partial charge in [0.05, 0.1) is 5.69 Å². The van der Waals surface area contributed by atoms with E-state index in [1.54, 1.807) is 6.92 Å². The number of ether oxygens (including phenoxy) is 1. The molecule has 19 heavy (non-hydrogen) atoms. The van der Waals surface area contributed by atoms with Crippen molar-refractivity contribution in [3.63, 3.8) is 0 Å². The Morgan fingerprint density at radius 2 is 2.05 bits per heavy atom. The van der Waals surface area contributed by atoms with E-state index in [4.69, 9.17) is 4.74 Å². The van der Waals surface area contributed by atoms with Crippen molar-refractivity contribution in [3.8, 4) is 17.6 Å². The Labute approximate surface area is 114 Å². The van der Waals surface area contributed by atoms with Gasteiger partial charge in [0.1, 0.15) is 12.4 Å². The maximum Gasteiger partial charge on any atom is 0.149 e. The lowest BCUT2D eigenvalue weighted by molar-refractivity contribution is 0.371. The quantitative estimate of drug-likeness (QED) is 0.587. The zero-order valence-electron chi connectivity index (χ0n) is 11.5. The lowest BCUT2D eigenvalue weighted by Crippen LogP contribution is -1.93. The molecule has 2 aromatic carbocycles. The van der Waals surface area contributed by atoms with Gasteiger partial charge in [-0.25, -0.2) is 0 Å². The van der Waals surface area contributed by atoms with E-state index in [0.29, 0.717) is 6.61 Å². The fourth-order valence-electron chi connectivity index (χ4n) is 1.86. The van der Waals surface area contributed by atoms with Gasteiger partial charge in [0.25, 0.3) is 0 Å². The molecule has 0 radical (unpaired) electrons. The molecule has 2 heteroatoms. The van der Waals surface area contributed by atoms with E-state index in [9.17, 15) is 0 Å². The second kappa shape index (κ2) is 6.06. The summed E-state index contributed by atoms with van der Waals surface area (Å²) in [5.74, 6) is 6.54. The van der Waals surface area contributed by atoms with Gasteiger partial charge in [-0.15, -0.1) is 5.92 Å². The molecule has 0 aromatic heterocycles. The molecule has 2 rings (SSSR count). The fourth-order valence-corrected chi connectivity index (χ4v) is 1.86. The normalized spacial score (nSPS) is 9.63. The van der Waals surface area contributed by atoms with Crippen molar-refractivity contribution in [2.45, 2.75) is 20.8 Å². The van der Waals surface area contributed by atoms with Crippen molar-refractivity contribution in [3.05, 3.63) is 36.4 Å². The van der Waals surface area contributed by atoms with Gasteiger partial charge in [-0.3, -0.25) is 4.99 Å². The van der Waals surface area contributed by atoms with E-state index in [0.717, 1.165) is 27.9 Å². The maximum absolute atomic E-state index is 5.57. The third kappa shape index (κ3) is 3.35. The van der Waals surface area contributed by atoms with E-state index in [-0.39, 0.29) is 0 Å². The molecule has 2 nitrogen and oxygen atoms in total. The van der Waals surface area contributed by atoms with Crippen LogP contribution in [0.3, 0.4) is 0 Å². The summed E-state index contributed by atoms with van der Waals surface area (Å²) in [7, 11) is 0. The first-order valence-electron chi connectivity index (χ1n) is 6.28. The number of benzene rings is 2. The number of fused-ring (bicyclic) bond motifs is 1. The number of aliphatic imine (C=N–C) groups is 1. The lowest BCUT2D eigenvalue weighted by Gasteiger charge is -2.06. The molecule has 0 aliphatic rings. The number of nitrogens with zero attached hydrogens (tertiary/aromatic N) is 1. The van der Waals surface area contributed by atoms with Gasteiger partial charge in [0, 0.05) is 11.1 Å². The summed E-state index contributed by atoms with van der Waals surface area (Å²) >= 11 is 0. The number of hydrogen-bond donors (Lipinski definition) is 0. The van der Waals surface area contributed by atoms with Crippen molar-refractivity contribution < 1.29 is 4.74 Å². The molecule has 0 fully saturated rings. The van der Waals surface area contributed by atoms with E-state index >= 15 is 0 Å². The highest BCUT2D eigenvalue weighted by molar-refractivity contribution is 5.96. The van der Waals surface area contributed by atoms with Crippen molar-refractivity contribution in [1.82, 2.24) is 0 Å². The van der Waals surface area contributed by atoms with Crippen LogP contribution in [-0.2, 0) is 0 Å². The second-order valence-corrected chi connectivity index (χ2v) is 4.43. The Kier molecular flexibility index (Phi) is 4.20. The topological polar surface area (TPSA) is 21.6 Å². The number of hydrogen-bond acceptors (Lipinski definition) is 2. The fraction of sp³-hybridized carbons (Fsp3) is 0.235. The molecule has 0 unspecified atom stereocenters. The van der Waals surface area contributed by atoms with Crippen LogP contribution in [0.2, 0.25) is 0 Å². The minimum Gasteiger partial charge on any atom is -0.481 e. The van der Waals surface area contributed by atoms with E-state index < -0.39 is 0 Å². The Bertz CT molecular complexity index is 670. The van der Waals surface area contributed by atoms with Crippen LogP contribution in [0.5, 0.6) is 5.75 Å². The van der Waals surface area contributed by atoms with Gasteiger partial charge < -0.3 is 4.74 Å². The highest BCUT2D eigenvalue weighted by Gasteiger charge is 2.01. The minimum absolute atomic E-state index is 0.425. The maximum atomic E-state index is 5.57. The largest absolute Gasteiger partial charge is 0.481 e. The van der Waals surface area contributed by atoms with Crippen LogP contribution in [0.1, 0.15) is 20.8 Å². The zero-order chi connectivity index (χ0) is 13.7. The SMILES string of the molecule is CC#CCOc1ccc2c(N=C(C)C)cccc2c1. The minimum atomic E-state index is 0.425. The molecule has 0 atom stereocenters. The van der Waals surface area contributed by atoms with Crippen LogP contribution in [0.4, 0.5) is 5.69 Å². The van der Waals surface area contributed by atoms with Crippen molar-refractivity contribution in [2.24, 2.45) is 4.99 Å². The Balaban J connectivity index is 2.38. The van der Waals surface area contributed by atoms with Gasteiger partial charge in [-0.05, 0) is 50.4 Å². The highest BCUT2D eigenvalue weighted by Crippen LogP contribution is 2.29. The Morgan fingerprint density at radius 3 is 2.79 bits per heavy atom.